The normalized spacial score (nSPS) is 18.8. The van der Waals surface area contributed by atoms with Gasteiger partial charge in [0.1, 0.15) is 6.54 Å². The van der Waals surface area contributed by atoms with Crippen molar-refractivity contribution < 1.29 is 18.0 Å². The SMILES string of the molecule is CS(=O)(=O)N1C(=O)CNC1=O. The first-order valence-corrected chi connectivity index (χ1v) is 4.59. The van der Waals surface area contributed by atoms with Gasteiger partial charge in [0, 0.05) is 0 Å². The Kier molecular flexibility index (Phi) is 1.59. The standard InChI is InChI=1S/C4H6N2O4S/c1-11(9,10)6-3(7)2-5-4(6)8/h2H2,1H3,(H,5,8). The second kappa shape index (κ2) is 2.19. The van der Waals surface area contributed by atoms with Gasteiger partial charge in [-0.25, -0.2) is 13.2 Å². The van der Waals surface area contributed by atoms with E-state index in [0.29, 0.717) is 0 Å². The van der Waals surface area contributed by atoms with Crippen LogP contribution in [-0.4, -0.2) is 37.5 Å². The molecule has 11 heavy (non-hydrogen) atoms. The third-order valence-corrected chi connectivity index (χ3v) is 2.17. The van der Waals surface area contributed by atoms with Crippen molar-refractivity contribution in [3.05, 3.63) is 0 Å². The van der Waals surface area contributed by atoms with Gasteiger partial charge >= 0.3 is 6.03 Å². The molecule has 1 aliphatic heterocycles. The summed E-state index contributed by atoms with van der Waals surface area (Å²) in [4.78, 5) is 21.3. The fraction of sp³-hybridized carbons (Fsp3) is 0.500. The monoisotopic (exact) mass is 178 g/mol. The molecule has 0 aromatic carbocycles. The lowest BCUT2D eigenvalue weighted by molar-refractivity contribution is -0.121. The minimum atomic E-state index is -3.73. The molecule has 6 nitrogen and oxygen atoms in total. The van der Waals surface area contributed by atoms with Gasteiger partial charge in [-0.15, -0.1) is 0 Å². The maximum absolute atomic E-state index is 10.7. The predicted octanol–water partition coefficient (Wildman–Crippen LogP) is -1.50. The number of carbonyl (C=O) groups is 2. The van der Waals surface area contributed by atoms with Crippen molar-refractivity contribution >= 4 is 22.0 Å². The zero-order valence-electron chi connectivity index (χ0n) is 5.70. The van der Waals surface area contributed by atoms with E-state index in [-0.39, 0.29) is 10.8 Å². The van der Waals surface area contributed by atoms with Crippen LogP contribution in [0.5, 0.6) is 0 Å². The average molecular weight is 178 g/mol. The van der Waals surface area contributed by atoms with E-state index < -0.39 is 22.0 Å². The molecule has 1 heterocycles. The van der Waals surface area contributed by atoms with E-state index in [9.17, 15) is 18.0 Å². The second-order valence-electron chi connectivity index (χ2n) is 2.08. The first-order chi connectivity index (χ1) is 4.93. The van der Waals surface area contributed by atoms with Crippen molar-refractivity contribution in [2.45, 2.75) is 0 Å². The summed E-state index contributed by atoms with van der Waals surface area (Å²) in [6.07, 6.45) is 0.801. The predicted molar refractivity (Wildman–Crippen MR) is 35.1 cm³/mol. The van der Waals surface area contributed by atoms with Crippen LogP contribution in [0.15, 0.2) is 0 Å². The maximum atomic E-state index is 10.7. The molecule has 3 amide bonds. The lowest BCUT2D eigenvalue weighted by Gasteiger charge is -2.07. The Labute approximate surface area is 63.2 Å². The van der Waals surface area contributed by atoms with Crippen LogP contribution in [-0.2, 0) is 14.8 Å². The lowest BCUT2D eigenvalue weighted by Crippen LogP contribution is -2.35. The summed E-state index contributed by atoms with van der Waals surface area (Å²) in [5, 5.41) is 2.08. The highest BCUT2D eigenvalue weighted by Gasteiger charge is 2.35. The first-order valence-electron chi connectivity index (χ1n) is 2.74. The van der Waals surface area contributed by atoms with E-state index in [2.05, 4.69) is 5.32 Å². The third kappa shape index (κ3) is 1.32. The zero-order chi connectivity index (χ0) is 8.65. The molecule has 0 aromatic rings. The topological polar surface area (TPSA) is 83.6 Å². The third-order valence-electron chi connectivity index (χ3n) is 1.13. The summed E-state index contributed by atoms with van der Waals surface area (Å²) in [5.74, 6) is -0.738. The maximum Gasteiger partial charge on any atom is 0.338 e. The van der Waals surface area contributed by atoms with Crippen molar-refractivity contribution in [1.82, 2.24) is 9.62 Å². The largest absolute Gasteiger partial charge is 0.338 e. The van der Waals surface area contributed by atoms with Crippen LogP contribution in [0.1, 0.15) is 0 Å². The van der Waals surface area contributed by atoms with Crippen molar-refractivity contribution in [1.29, 1.82) is 0 Å². The number of sulfonamides is 1. The molecule has 1 rings (SSSR count). The molecule has 0 saturated carbocycles. The molecule has 0 aliphatic carbocycles. The highest BCUT2D eigenvalue weighted by Crippen LogP contribution is 2.03. The number of hydrogen-bond donors (Lipinski definition) is 1. The summed E-state index contributed by atoms with van der Waals surface area (Å²) in [5.41, 5.74) is 0. The number of imide groups is 1. The molecule has 0 atom stereocenters. The average Bonchev–Trinajstić information content (AvgIpc) is 2.08. The molecule has 62 valence electrons. The Morgan fingerprint density at radius 3 is 2.18 bits per heavy atom. The van der Waals surface area contributed by atoms with E-state index in [1.165, 1.54) is 0 Å². The van der Waals surface area contributed by atoms with Crippen molar-refractivity contribution in [3.63, 3.8) is 0 Å². The zero-order valence-corrected chi connectivity index (χ0v) is 6.51. The Morgan fingerprint density at radius 1 is 1.45 bits per heavy atom. The van der Waals surface area contributed by atoms with Gasteiger partial charge in [0.2, 0.25) is 10.0 Å². The quantitative estimate of drug-likeness (QED) is 0.495. The fourth-order valence-corrected chi connectivity index (χ4v) is 1.54. The number of carbonyl (C=O) groups excluding carboxylic acids is 2. The second-order valence-corrected chi connectivity index (χ2v) is 3.91. The summed E-state index contributed by atoms with van der Waals surface area (Å²) in [6.45, 7) is -0.244. The summed E-state index contributed by atoms with van der Waals surface area (Å²) in [6, 6.07) is -0.877. The Hall–Kier alpha value is -1.11. The van der Waals surface area contributed by atoms with E-state index in [1.54, 1.807) is 0 Å². The van der Waals surface area contributed by atoms with Crippen LogP contribution < -0.4 is 5.32 Å². The van der Waals surface area contributed by atoms with Crippen LogP contribution in [0.4, 0.5) is 4.79 Å². The molecule has 0 radical (unpaired) electrons. The molecule has 0 unspecified atom stereocenters. The Morgan fingerprint density at radius 2 is 2.00 bits per heavy atom. The van der Waals surface area contributed by atoms with Crippen LogP contribution in [0, 0.1) is 0 Å². The van der Waals surface area contributed by atoms with Crippen LogP contribution in [0.25, 0.3) is 0 Å². The van der Waals surface area contributed by atoms with Gasteiger partial charge in [-0.1, -0.05) is 0 Å². The number of urea groups is 1. The number of nitrogens with one attached hydrogen (secondary N) is 1. The molecule has 1 N–H and O–H groups in total. The number of nitrogens with zero attached hydrogens (tertiary/aromatic N) is 1. The molecule has 0 spiro atoms. The van der Waals surface area contributed by atoms with E-state index >= 15 is 0 Å². The molecule has 7 heteroatoms. The summed E-state index contributed by atoms with van der Waals surface area (Å²) >= 11 is 0. The smallest absolute Gasteiger partial charge is 0.328 e. The first kappa shape index (κ1) is 7.99. The summed E-state index contributed by atoms with van der Waals surface area (Å²) in [7, 11) is -3.73. The molecule has 0 bridgehead atoms. The highest BCUT2D eigenvalue weighted by molar-refractivity contribution is 7.89. The van der Waals surface area contributed by atoms with E-state index in [0.717, 1.165) is 6.26 Å². The van der Waals surface area contributed by atoms with Crippen LogP contribution in [0.2, 0.25) is 0 Å². The molecule has 0 aromatic heterocycles. The van der Waals surface area contributed by atoms with Crippen molar-refractivity contribution in [3.8, 4) is 0 Å². The van der Waals surface area contributed by atoms with Gasteiger partial charge in [0.25, 0.3) is 5.91 Å². The molecule has 1 saturated heterocycles. The van der Waals surface area contributed by atoms with Gasteiger partial charge in [0.15, 0.2) is 0 Å². The molecule has 1 aliphatic rings. The van der Waals surface area contributed by atoms with Crippen molar-refractivity contribution in [2.75, 3.05) is 12.8 Å². The minimum absolute atomic E-state index is 0.215. The molecule has 1 fully saturated rings. The van der Waals surface area contributed by atoms with E-state index in [1.807, 2.05) is 0 Å². The number of hydrogen-bond acceptors (Lipinski definition) is 4. The Bertz CT molecular complexity index is 290. The van der Waals surface area contributed by atoms with E-state index in [4.69, 9.17) is 0 Å². The minimum Gasteiger partial charge on any atom is -0.328 e. The highest BCUT2D eigenvalue weighted by atomic mass is 32.2. The van der Waals surface area contributed by atoms with Gasteiger partial charge in [-0.3, -0.25) is 4.79 Å². The van der Waals surface area contributed by atoms with Crippen LogP contribution >= 0.6 is 0 Å². The van der Waals surface area contributed by atoms with Crippen molar-refractivity contribution in [2.24, 2.45) is 0 Å². The number of amides is 3. The van der Waals surface area contributed by atoms with Gasteiger partial charge in [-0.05, 0) is 0 Å². The van der Waals surface area contributed by atoms with Gasteiger partial charge < -0.3 is 5.32 Å². The fourth-order valence-electron chi connectivity index (χ4n) is 0.744. The molecular weight excluding hydrogens is 172 g/mol. The van der Waals surface area contributed by atoms with Gasteiger partial charge in [0.05, 0.1) is 6.26 Å². The Balaban J connectivity index is 3.05. The lowest BCUT2D eigenvalue weighted by atomic mass is 10.7. The molecular formula is C4H6N2O4S. The summed E-state index contributed by atoms with van der Waals surface area (Å²) < 4.78 is 21.6. The van der Waals surface area contributed by atoms with Crippen LogP contribution in [0.3, 0.4) is 0 Å². The van der Waals surface area contributed by atoms with Gasteiger partial charge in [-0.2, -0.15) is 4.31 Å². The number of rotatable bonds is 1.